The first kappa shape index (κ1) is 20.9. The zero-order chi connectivity index (χ0) is 18.1. The standard InChI is InChI=1S/C19H29IO4/c1-6-8-10-17(21)23-20(24-18(22)11-9-7-2)19-15(4)12-14(3)13-16(19)5/h12-13H,6-11H2,1-5H3. The van der Waals surface area contributed by atoms with Crippen LogP contribution in [0, 0.1) is 24.3 Å². The molecule has 0 atom stereocenters. The molecular weight excluding hydrogens is 419 g/mol. The van der Waals surface area contributed by atoms with Crippen LogP contribution in [0.4, 0.5) is 0 Å². The zero-order valence-corrected chi connectivity index (χ0v) is 17.6. The van der Waals surface area contributed by atoms with Gasteiger partial charge < -0.3 is 0 Å². The molecule has 136 valence electrons. The third-order valence-electron chi connectivity index (χ3n) is 3.52. The van der Waals surface area contributed by atoms with Crippen LogP contribution < -0.4 is 0 Å². The van der Waals surface area contributed by atoms with Crippen molar-refractivity contribution < 1.29 is 15.7 Å². The first-order chi connectivity index (χ1) is 11.4. The number of unbranched alkanes of at least 4 members (excludes halogenated alkanes) is 2. The van der Waals surface area contributed by atoms with Crippen LogP contribution in [0.2, 0.25) is 0 Å². The van der Waals surface area contributed by atoms with Crippen LogP contribution in [0.1, 0.15) is 69.1 Å². The van der Waals surface area contributed by atoms with Crippen LogP contribution in [0.3, 0.4) is 0 Å². The third kappa shape index (κ3) is 6.79. The van der Waals surface area contributed by atoms with E-state index in [0.717, 1.165) is 45.9 Å². The average molecular weight is 448 g/mol. The van der Waals surface area contributed by atoms with Crippen molar-refractivity contribution in [1.29, 1.82) is 0 Å². The van der Waals surface area contributed by atoms with Crippen molar-refractivity contribution >= 4 is 32.6 Å². The van der Waals surface area contributed by atoms with E-state index in [-0.39, 0.29) is 11.9 Å². The molecule has 0 radical (unpaired) electrons. The van der Waals surface area contributed by atoms with E-state index in [1.54, 1.807) is 0 Å². The van der Waals surface area contributed by atoms with Gasteiger partial charge in [0.1, 0.15) is 0 Å². The van der Waals surface area contributed by atoms with Gasteiger partial charge in [0, 0.05) is 0 Å². The quantitative estimate of drug-likeness (QED) is 0.463. The van der Waals surface area contributed by atoms with Gasteiger partial charge in [-0.15, -0.1) is 0 Å². The predicted octanol–water partition coefficient (Wildman–Crippen LogP) is 5.58. The normalized spacial score (nSPS) is 11.1. The maximum atomic E-state index is 12.1. The van der Waals surface area contributed by atoms with E-state index in [0.29, 0.717) is 12.8 Å². The summed E-state index contributed by atoms with van der Waals surface area (Å²) < 4.78 is 12.3. The van der Waals surface area contributed by atoms with Crippen molar-refractivity contribution in [3.05, 3.63) is 32.4 Å². The Labute approximate surface area is 153 Å². The maximum absolute atomic E-state index is 12.1. The molecule has 0 bridgehead atoms. The van der Waals surface area contributed by atoms with Crippen molar-refractivity contribution in [3.8, 4) is 0 Å². The Hall–Kier alpha value is -1.11. The molecule has 0 amide bonds. The second kappa shape index (κ2) is 10.7. The topological polar surface area (TPSA) is 52.6 Å². The Morgan fingerprint density at radius 3 is 1.67 bits per heavy atom. The fourth-order valence-electron chi connectivity index (χ4n) is 2.37. The molecule has 0 saturated carbocycles. The average Bonchev–Trinajstić information content (AvgIpc) is 2.49. The summed E-state index contributed by atoms with van der Waals surface area (Å²) in [4.78, 5) is 24.2. The van der Waals surface area contributed by atoms with Crippen LogP contribution in [-0.4, -0.2) is 11.9 Å². The summed E-state index contributed by atoms with van der Waals surface area (Å²) in [5.41, 5.74) is 3.22. The van der Waals surface area contributed by atoms with E-state index in [2.05, 4.69) is 0 Å². The summed E-state index contributed by atoms with van der Waals surface area (Å²) in [5.74, 6) is -0.519. The van der Waals surface area contributed by atoms with E-state index in [4.69, 9.17) is 6.13 Å². The van der Waals surface area contributed by atoms with Crippen molar-refractivity contribution in [2.24, 2.45) is 0 Å². The summed E-state index contributed by atoms with van der Waals surface area (Å²) in [6, 6.07) is 4.10. The molecule has 0 aliphatic carbocycles. The number of carbonyl (C=O) groups is 2. The minimum absolute atomic E-state index is 0.260. The Balaban J connectivity index is 3.00. The van der Waals surface area contributed by atoms with Gasteiger partial charge in [-0.1, -0.05) is 0 Å². The van der Waals surface area contributed by atoms with Crippen molar-refractivity contribution in [2.75, 3.05) is 0 Å². The first-order valence-electron chi connectivity index (χ1n) is 8.59. The molecule has 0 N–H and O–H groups in total. The first-order valence-corrected chi connectivity index (χ1v) is 11.4. The molecule has 0 saturated heterocycles. The fourth-order valence-corrected chi connectivity index (χ4v) is 5.94. The molecule has 0 unspecified atom stereocenters. The van der Waals surface area contributed by atoms with Gasteiger partial charge >= 0.3 is 154 Å². The molecule has 1 rings (SSSR count). The molecule has 24 heavy (non-hydrogen) atoms. The molecule has 1 aromatic carbocycles. The van der Waals surface area contributed by atoms with E-state index < -0.39 is 20.6 Å². The van der Waals surface area contributed by atoms with Crippen LogP contribution in [0.5, 0.6) is 0 Å². The van der Waals surface area contributed by atoms with Gasteiger partial charge in [-0.05, 0) is 0 Å². The number of aryl methyl sites for hydroxylation is 3. The van der Waals surface area contributed by atoms with Crippen LogP contribution >= 0.6 is 20.6 Å². The molecular formula is C19H29IO4. The van der Waals surface area contributed by atoms with Gasteiger partial charge in [-0.2, -0.15) is 0 Å². The summed E-state index contributed by atoms with van der Waals surface area (Å²) in [5, 5.41) is 0. The van der Waals surface area contributed by atoms with Gasteiger partial charge in [-0.25, -0.2) is 0 Å². The Kier molecular flexibility index (Phi) is 9.33. The summed E-state index contributed by atoms with van der Waals surface area (Å²) in [6.07, 6.45) is 4.20. The molecule has 4 nitrogen and oxygen atoms in total. The van der Waals surface area contributed by atoms with Gasteiger partial charge in [0.05, 0.1) is 0 Å². The SMILES string of the molecule is CCCCC(=O)OI(OC(=O)CCCC)c1c(C)cc(C)cc1C. The van der Waals surface area contributed by atoms with E-state index in [9.17, 15) is 9.59 Å². The number of rotatable bonds is 9. The van der Waals surface area contributed by atoms with Crippen LogP contribution in [0.15, 0.2) is 12.1 Å². The van der Waals surface area contributed by atoms with Gasteiger partial charge in [0.15, 0.2) is 0 Å². The van der Waals surface area contributed by atoms with Gasteiger partial charge in [-0.3, -0.25) is 0 Å². The summed E-state index contributed by atoms with van der Waals surface area (Å²) in [7, 11) is 0. The number of hydrogen-bond acceptors (Lipinski definition) is 4. The van der Waals surface area contributed by atoms with Crippen LogP contribution in [-0.2, 0) is 15.7 Å². The number of hydrogen-bond donors (Lipinski definition) is 0. The molecule has 0 fully saturated rings. The van der Waals surface area contributed by atoms with Crippen molar-refractivity contribution in [3.63, 3.8) is 0 Å². The minimum atomic E-state index is -2.80. The molecule has 0 spiro atoms. The molecule has 0 aliphatic rings. The second-order valence-electron chi connectivity index (χ2n) is 6.04. The van der Waals surface area contributed by atoms with E-state index in [1.165, 1.54) is 0 Å². The van der Waals surface area contributed by atoms with Crippen molar-refractivity contribution in [1.82, 2.24) is 0 Å². The van der Waals surface area contributed by atoms with E-state index >= 15 is 0 Å². The third-order valence-corrected chi connectivity index (χ3v) is 7.88. The molecule has 1 aromatic rings. The van der Waals surface area contributed by atoms with Crippen LogP contribution in [0.25, 0.3) is 0 Å². The number of halogens is 1. The summed E-state index contributed by atoms with van der Waals surface area (Å²) >= 11 is -2.80. The number of carbonyl (C=O) groups excluding carboxylic acids is 2. The molecule has 0 heterocycles. The molecule has 0 aromatic heterocycles. The summed E-state index contributed by atoms with van der Waals surface area (Å²) in [6.45, 7) is 10.1. The second-order valence-corrected chi connectivity index (χ2v) is 9.24. The van der Waals surface area contributed by atoms with Gasteiger partial charge in [0.2, 0.25) is 0 Å². The molecule has 5 heteroatoms. The Morgan fingerprint density at radius 1 is 0.875 bits per heavy atom. The predicted molar refractivity (Wildman–Crippen MR) is 105 cm³/mol. The Bertz CT molecular complexity index is 523. The number of benzene rings is 1. The van der Waals surface area contributed by atoms with E-state index in [1.807, 2.05) is 46.8 Å². The molecule has 0 aliphatic heterocycles. The zero-order valence-electron chi connectivity index (χ0n) is 15.4. The fraction of sp³-hybridized carbons (Fsp3) is 0.579. The Morgan fingerprint density at radius 2 is 1.29 bits per heavy atom. The van der Waals surface area contributed by atoms with Crippen molar-refractivity contribution in [2.45, 2.75) is 73.1 Å². The van der Waals surface area contributed by atoms with Gasteiger partial charge in [0.25, 0.3) is 0 Å². The monoisotopic (exact) mass is 448 g/mol.